The highest BCUT2D eigenvalue weighted by molar-refractivity contribution is 7.92. The van der Waals surface area contributed by atoms with Crippen LogP contribution in [0.15, 0.2) is 41.3 Å². The second-order valence-electron chi connectivity index (χ2n) is 4.37. The fourth-order valence-electron chi connectivity index (χ4n) is 1.73. The van der Waals surface area contributed by atoms with Gasteiger partial charge < -0.3 is 4.74 Å². The number of nitrogens with one attached hydrogen (secondary N) is 1. The van der Waals surface area contributed by atoms with Crippen LogP contribution in [0.2, 0.25) is 0 Å². The van der Waals surface area contributed by atoms with Crippen molar-refractivity contribution < 1.29 is 31.1 Å². The van der Waals surface area contributed by atoms with Crippen LogP contribution >= 0.6 is 0 Å². The van der Waals surface area contributed by atoms with Gasteiger partial charge in [-0.3, -0.25) is 4.72 Å². The first-order chi connectivity index (χ1) is 10.7. The van der Waals surface area contributed by atoms with Crippen molar-refractivity contribution in [3.8, 4) is 0 Å². The zero-order chi connectivity index (χ0) is 17.2. The van der Waals surface area contributed by atoms with E-state index in [9.17, 15) is 26.4 Å². The number of methoxy groups -OCH3 is 1. The first-order valence-corrected chi connectivity index (χ1v) is 7.58. The molecule has 0 bridgehead atoms. The van der Waals surface area contributed by atoms with Crippen molar-refractivity contribution in [3.63, 3.8) is 0 Å². The molecule has 0 atom stereocenters. The molecule has 0 saturated heterocycles. The molecule has 0 amide bonds. The number of hydrogen-bond acceptors (Lipinski definition) is 4. The van der Waals surface area contributed by atoms with E-state index < -0.39 is 44.0 Å². The van der Waals surface area contributed by atoms with E-state index in [0.717, 1.165) is 37.4 Å². The van der Waals surface area contributed by atoms with Gasteiger partial charge in [0.2, 0.25) is 0 Å². The molecule has 2 rings (SSSR count). The largest absolute Gasteiger partial charge is 0.465 e. The molecule has 0 radical (unpaired) electrons. The zero-order valence-corrected chi connectivity index (χ0v) is 12.5. The van der Waals surface area contributed by atoms with Crippen LogP contribution in [0, 0.1) is 17.5 Å². The third-order valence-corrected chi connectivity index (χ3v) is 4.20. The quantitative estimate of drug-likeness (QED) is 0.865. The van der Waals surface area contributed by atoms with Gasteiger partial charge in [0.1, 0.15) is 22.3 Å². The zero-order valence-electron chi connectivity index (χ0n) is 11.6. The molecule has 23 heavy (non-hydrogen) atoms. The van der Waals surface area contributed by atoms with E-state index >= 15 is 0 Å². The highest BCUT2D eigenvalue weighted by Crippen LogP contribution is 2.23. The van der Waals surface area contributed by atoms with E-state index in [1.54, 1.807) is 4.72 Å². The van der Waals surface area contributed by atoms with Crippen molar-refractivity contribution in [2.75, 3.05) is 11.8 Å². The fraction of sp³-hybridized carbons (Fsp3) is 0.0714. The van der Waals surface area contributed by atoms with E-state index in [1.165, 1.54) is 0 Å². The fourth-order valence-corrected chi connectivity index (χ4v) is 2.90. The van der Waals surface area contributed by atoms with Crippen molar-refractivity contribution in [2.24, 2.45) is 0 Å². The summed E-state index contributed by atoms with van der Waals surface area (Å²) in [6.45, 7) is 0. The topological polar surface area (TPSA) is 72.5 Å². The minimum Gasteiger partial charge on any atom is -0.465 e. The summed E-state index contributed by atoms with van der Waals surface area (Å²) in [6.07, 6.45) is 0. The van der Waals surface area contributed by atoms with Crippen LogP contribution in [-0.4, -0.2) is 21.5 Å². The minimum atomic E-state index is -4.54. The van der Waals surface area contributed by atoms with E-state index in [2.05, 4.69) is 4.74 Å². The Bertz CT molecular complexity index is 868. The van der Waals surface area contributed by atoms with E-state index in [4.69, 9.17) is 0 Å². The number of carbonyl (C=O) groups is 1. The summed E-state index contributed by atoms with van der Waals surface area (Å²) in [5.41, 5.74) is -0.761. The van der Waals surface area contributed by atoms with Crippen molar-refractivity contribution >= 4 is 21.7 Å². The Labute approximate surface area is 129 Å². The van der Waals surface area contributed by atoms with Crippen LogP contribution in [0.1, 0.15) is 10.4 Å². The maximum Gasteiger partial charge on any atom is 0.337 e. The van der Waals surface area contributed by atoms with Crippen LogP contribution in [0.3, 0.4) is 0 Å². The second kappa shape index (κ2) is 6.29. The molecule has 0 heterocycles. The lowest BCUT2D eigenvalue weighted by atomic mass is 10.2. The molecule has 0 fully saturated rings. The lowest BCUT2D eigenvalue weighted by Crippen LogP contribution is -2.16. The molecule has 9 heteroatoms. The normalized spacial score (nSPS) is 11.1. The Balaban J connectivity index is 2.45. The summed E-state index contributed by atoms with van der Waals surface area (Å²) in [5.74, 6) is -4.08. The third kappa shape index (κ3) is 3.62. The van der Waals surface area contributed by atoms with E-state index in [0.29, 0.717) is 6.07 Å². The number of benzene rings is 2. The molecule has 0 aliphatic heterocycles. The molecule has 0 aliphatic rings. The molecule has 0 aliphatic carbocycles. The van der Waals surface area contributed by atoms with Gasteiger partial charge in [-0.2, -0.15) is 0 Å². The Kier molecular flexibility index (Phi) is 4.60. The number of carbonyl (C=O) groups excluding carboxylic acids is 1. The summed E-state index contributed by atoms with van der Waals surface area (Å²) < 4.78 is 70.6. The smallest absolute Gasteiger partial charge is 0.337 e. The van der Waals surface area contributed by atoms with Gasteiger partial charge in [0.05, 0.1) is 18.4 Å². The average Bonchev–Trinajstić information content (AvgIpc) is 2.49. The van der Waals surface area contributed by atoms with Gasteiger partial charge in [-0.05, 0) is 30.3 Å². The third-order valence-electron chi connectivity index (χ3n) is 2.82. The number of anilines is 1. The van der Waals surface area contributed by atoms with Gasteiger partial charge in [0.25, 0.3) is 10.0 Å². The average molecular weight is 345 g/mol. The van der Waals surface area contributed by atoms with Gasteiger partial charge in [0, 0.05) is 6.07 Å². The molecule has 5 nitrogen and oxygen atoms in total. The minimum absolute atomic E-state index is 0.200. The molecular formula is C14H10F3NO4S. The van der Waals surface area contributed by atoms with Gasteiger partial charge in [-0.1, -0.05) is 0 Å². The van der Waals surface area contributed by atoms with Crippen LogP contribution in [0.5, 0.6) is 0 Å². The number of hydrogen-bond donors (Lipinski definition) is 1. The number of ether oxygens (including phenoxy) is 1. The van der Waals surface area contributed by atoms with Crippen molar-refractivity contribution in [3.05, 3.63) is 59.4 Å². The SMILES string of the molecule is COC(=O)c1ccc(F)c(S(=O)(=O)Nc2ccc(F)cc2F)c1. The predicted molar refractivity (Wildman–Crippen MR) is 74.9 cm³/mol. The molecule has 0 saturated carbocycles. The summed E-state index contributed by atoms with van der Waals surface area (Å²) in [5, 5.41) is 0. The van der Waals surface area contributed by atoms with Gasteiger partial charge >= 0.3 is 5.97 Å². The molecule has 1 N–H and O–H groups in total. The van der Waals surface area contributed by atoms with Crippen molar-refractivity contribution in [1.29, 1.82) is 0 Å². The lowest BCUT2D eigenvalue weighted by molar-refractivity contribution is 0.0600. The molecular weight excluding hydrogens is 335 g/mol. The van der Waals surface area contributed by atoms with Gasteiger partial charge in [0.15, 0.2) is 0 Å². The van der Waals surface area contributed by atoms with Crippen molar-refractivity contribution in [1.82, 2.24) is 0 Å². The van der Waals surface area contributed by atoms with Crippen LogP contribution < -0.4 is 4.72 Å². The second-order valence-corrected chi connectivity index (χ2v) is 6.02. The number of rotatable bonds is 4. The predicted octanol–water partition coefficient (Wildman–Crippen LogP) is 2.69. The van der Waals surface area contributed by atoms with Crippen molar-refractivity contribution in [2.45, 2.75) is 4.90 Å². The monoisotopic (exact) mass is 345 g/mol. The number of halogens is 3. The van der Waals surface area contributed by atoms with Gasteiger partial charge in [-0.15, -0.1) is 0 Å². The standard InChI is InChI=1S/C14H10F3NO4S/c1-22-14(19)8-2-4-10(16)13(6-8)23(20,21)18-12-5-3-9(15)7-11(12)17/h2-7,18H,1H3. The number of esters is 1. The first-order valence-electron chi connectivity index (χ1n) is 6.10. The highest BCUT2D eigenvalue weighted by Gasteiger charge is 2.23. The summed E-state index contributed by atoms with van der Waals surface area (Å²) in [6, 6.07) is 4.72. The Morgan fingerprint density at radius 2 is 1.74 bits per heavy atom. The van der Waals surface area contributed by atoms with Crippen LogP contribution in [0.4, 0.5) is 18.9 Å². The molecule has 2 aromatic rings. The molecule has 0 spiro atoms. The van der Waals surface area contributed by atoms with E-state index in [1.807, 2.05) is 0 Å². The van der Waals surface area contributed by atoms with Crippen LogP contribution in [0.25, 0.3) is 0 Å². The summed E-state index contributed by atoms with van der Waals surface area (Å²) in [4.78, 5) is 10.5. The molecule has 2 aromatic carbocycles. The van der Waals surface area contributed by atoms with Gasteiger partial charge in [-0.25, -0.2) is 26.4 Å². The molecule has 122 valence electrons. The number of sulfonamides is 1. The Morgan fingerprint density at radius 1 is 1.04 bits per heavy atom. The summed E-state index contributed by atoms with van der Waals surface area (Å²) >= 11 is 0. The summed E-state index contributed by atoms with van der Waals surface area (Å²) in [7, 11) is -3.46. The maximum atomic E-state index is 13.8. The highest BCUT2D eigenvalue weighted by atomic mass is 32.2. The molecule has 0 unspecified atom stereocenters. The Morgan fingerprint density at radius 3 is 2.35 bits per heavy atom. The Hall–Kier alpha value is -2.55. The maximum absolute atomic E-state index is 13.8. The van der Waals surface area contributed by atoms with Crippen LogP contribution in [-0.2, 0) is 14.8 Å². The first kappa shape index (κ1) is 16.8. The van der Waals surface area contributed by atoms with E-state index in [-0.39, 0.29) is 5.56 Å². The molecule has 0 aromatic heterocycles. The lowest BCUT2D eigenvalue weighted by Gasteiger charge is -2.10.